The Kier molecular flexibility index (Phi) is 6.28. The Morgan fingerprint density at radius 2 is 2.06 bits per heavy atom. The molecule has 3 aromatic rings. The van der Waals surface area contributed by atoms with E-state index >= 15 is 0 Å². The molecule has 0 bridgehead atoms. The van der Waals surface area contributed by atoms with Gasteiger partial charge in [0.15, 0.2) is 6.29 Å². The summed E-state index contributed by atoms with van der Waals surface area (Å²) in [6.45, 7) is 2.00. The monoisotopic (exact) mass is 437 g/mol. The fraction of sp³-hybridized carbons (Fsp3) is 0.320. The van der Waals surface area contributed by atoms with E-state index in [9.17, 15) is 13.6 Å². The molecule has 0 amide bonds. The van der Waals surface area contributed by atoms with Crippen LogP contribution in [0.4, 0.5) is 14.5 Å². The summed E-state index contributed by atoms with van der Waals surface area (Å²) in [6.07, 6.45) is 6.85. The van der Waals surface area contributed by atoms with Gasteiger partial charge in [0.05, 0.1) is 23.6 Å². The van der Waals surface area contributed by atoms with E-state index < -0.39 is 17.2 Å². The summed E-state index contributed by atoms with van der Waals surface area (Å²) in [4.78, 5) is 19.4. The molecule has 7 heteroatoms. The highest BCUT2D eigenvalue weighted by atomic mass is 19.1. The smallest absolute Gasteiger partial charge is 0.168 e. The molecule has 3 heterocycles. The predicted molar refractivity (Wildman–Crippen MR) is 119 cm³/mol. The highest BCUT2D eigenvalue weighted by Gasteiger charge is 2.36. The Morgan fingerprint density at radius 1 is 1.22 bits per heavy atom. The summed E-state index contributed by atoms with van der Waals surface area (Å²) in [5, 5.41) is 3.15. The Labute approximate surface area is 185 Å². The summed E-state index contributed by atoms with van der Waals surface area (Å²) in [7, 11) is 1.84. The molecule has 0 radical (unpaired) electrons. The lowest BCUT2D eigenvalue weighted by molar-refractivity contribution is -0.119. The highest BCUT2D eigenvalue weighted by Crippen LogP contribution is 2.42. The molecule has 32 heavy (non-hydrogen) atoms. The zero-order chi connectivity index (χ0) is 22.7. The molecule has 166 valence electrons. The summed E-state index contributed by atoms with van der Waals surface area (Å²) in [5.41, 5.74) is 1.90. The van der Waals surface area contributed by atoms with Crippen LogP contribution in [-0.4, -0.2) is 28.9 Å². The molecule has 1 aliphatic rings. The average molecular weight is 437 g/mol. The molecule has 1 aliphatic heterocycles. The SMILES string of the molecule is CNc1cnccc1C1CCCC(C)(Cc2cccc(F)c2-c2nc(C=O)ccc2F)O1. The second-order valence-electron chi connectivity index (χ2n) is 8.30. The van der Waals surface area contributed by atoms with Gasteiger partial charge in [0.2, 0.25) is 0 Å². The molecule has 1 saturated heterocycles. The zero-order valence-corrected chi connectivity index (χ0v) is 18.1. The number of anilines is 1. The van der Waals surface area contributed by atoms with Crippen LogP contribution < -0.4 is 5.32 Å². The molecular formula is C25H25F2N3O2. The van der Waals surface area contributed by atoms with Gasteiger partial charge >= 0.3 is 0 Å². The topological polar surface area (TPSA) is 64.1 Å². The molecule has 5 nitrogen and oxygen atoms in total. The third-order valence-corrected chi connectivity index (χ3v) is 5.96. The van der Waals surface area contributed by atoms with Gasteiger partial charge in [-0.15, -0.1) is 0 Å². The van der Waals surface area contributed by atoms with Crippen molar-refractivity contribution in [1.29, 1.82) is 0 Å². The Bertz CT molecular complexity index is 1140. The third kappa shape index (κ3) is 4.39. The number of pyridine rings is 2. The second-order valence-corrected chi connectivity index (χ2v) is 8.30. The number of aromatic nitrogens is 2. The second kappa shape index (κ2) is 9.12. The van der Waals surface area contributed by atoms with E-state index in [1.54, 1.807) is 24.5 Å². The summed E-state index contributed by atoms with van der Waals surface area (Å²) >= 11 is 0. The number of benzene rings is 1. The fourth-order valence-electron chi connectivity index (χ4n) is 4.45. The maximum absolute atomic E-state index is 14.9. The van der Waals surface area contributed by atoms with Crippen LogP contribution in [0.3, 0.4) is 0 Å². The van der Waals surface area contributed by atoms with Gasteiger partial charge in [-0.05, 0) is 56.0 Å². The third-order valence-electron chi connectivity index (χ3n) is 5.96. The number of aldehydes is 1. The summed E-state index contributed by atoms with van der Waals surface area (Å²) in [6, 6.07) is 8.99. The van der Waals surface area contributed by atoms with Gasteiger partial charge in [0.1, 0.15) is 23.0 Å². The Balaban J connectivity index is 1.69. The minimum Gasteiger partial charge on any atom is -0.387 e. The van der Waals surface area contributed by atoms with Crippen molar-refractivity contribution in [3.8, 4) is 11.3 Å². The van der Waals surface area contributed by atoms with E-state index in [-0.39, 0.29) is 23.1 Å². The van der Waals surface area contributed by atoms with Crippen molar-refractivity contribution in [3.05, 3.63) is 77.2 Å². The van der Waals surface area contributed by atoms with Crippen LogP contribution >= 0.6 is 0 Å². The lowest BCUT2D eigenvalue weighted by Crippen LogP contribution is -2.37. The van der Waals surface area contributed by atoms with Crippen molar-refractivity contribution >= 4 is 12.0 Å². The number of hydrogen-bond donors (Lipinski definition) is 1. The first-order valence-corrected chi connectivity index (χ1v) is 10.6. The number of rotatable bonds is 6. The van der Waals surface area contributed by atoms with E-state index in [4.69, 9.17) is 4.74 Å². The molecule has 1 N–H and O–H groups in total. The van der Waals surface area contributed by atoms with Crippen LogP contribution in [0.5, 0.6) is 0 Å². The number of nitrogens with zero attached hydrogens (tertiary/aromatic N) is 2. The molecule has 0 spiro atoms. The van der Waals surface area contributed by atoms with Gasteiger partial charge in [-0.2, -0.15) is 0 Å². The van der Waals surface area contributed by atoms with Gasteiger partial charge in [-0.3, -0.25) is 9.78 Å². The van der Waals surface area contributed by atoms with Crippen molar-refractivity contribution in [2.75, 3.05) is 12.4 Å². The molecule has 0 saturated carbocycles. The van der Waals surface area contributed by atoms with Gasteiger partial charge in [-0.25, -0.2) is 13.8 Å². The quantitative estimate of drug-likeness (QED) is 0.515. The minimum atomic E-state index is -0.676. The number of ether oxygens (including phenoxy) is 1. The van der Waals surface area contributed by atoms with Gasteiger partial charge in [0, 0.05) is 30.8 Å². The number of halogens is 2. The average Bonchev–Trinajstić information content (AvgIpc) is 2.80. The van der Waals surface area contributed by atoms with Crippen LogP contribution in [0.1, 0.15) is 53.9 Å². The molecule has 2 unspecified atom stereocenters. The lowest BCUT2D eigenvalue weighted by atomic mass is 9.84. The zero-order valence-electron chi connectivity index (χ0n) is 18.1. The number of nitrogens with one attached hydrogen (secondary N) is 1. The molecule has 0 aliphatic carbocycles. The Hall–Kier alpha value is -3.19. The highest BCUT2D eigenvalue weighted by molar-refractivity contribution is 5.75. The molecular weight excluding hydrogens is 412 g/mol. The van der Waals surface area contributed by atoms with E-state index in [0.29, 0.717) is 18.3 Å². The molecule has 1 aromatic carbocycles. The first-order chi connectivity index (χ1) is 15.4. The number of carbonyl (C=O) groups is 1. The molecule has 2 aromatic heterocycles. The van der Waals surface area contributed by atoms with Crippen LogP contribution in [0, 0.1) is 11.6 Å². The van der Waals surface area contributed by atoms with E-state index in [1.807, 2.05) is 20.0 Å². The number of hydrogen-bond acceptors (Lipinski definition) is 5. The van der Waals surface area contributed by atoms with Crippen molar-refractivity contribution in [1.82, 2.24) is 9.97 Å². The van der Waals surface area contributed by atoms with E-state index in [1.165, 1.54) is 12.1 Å². The molecule has 2 atom stereocenters. The fourth-order valence-corrected chi connectivity index (χ4v) is 4.45. The molecule has 1 fully saturated rings. The Morgan fingerprint density at radius 3 is 2.84 bits per heavy atom. The van der Waals surface area contributed by atoms with Crippen LogP contribution in [0.15, 0.2) is 48.8 Å². The predicted octanol–water partition coefficient (Wildman–Crippen LogP) is 5.52. The van der Waals surface area contributed by atoms with Crippen molar-refractivity contribution in [3.63, 3.8) is 0 Å². The normalized spacial score (nSPS) is 20.7. The standard InChI is InChI=1S/C25H25F2N3O2/c1-25(11-4-7-22(32-25)18-10-12-29-14-21(18)28-2)13-16-5-3-6-19(26)23(16)24-20(27)9-8-17(15-31)30-24/h3,5-6,8-10,12,14-15,22,28H,4,7,11,13H2,1-2H3. The van der Waals surface area contributed by atoms with Crippen molar-refractivity contribution in [2.24, 2.45) is 0 Å². The van der Waals surface area contributed by atoms with Gasteiger partial charge in [0.25, 0.3) is 0 Å². The largest absolute Gasteiger partial charge is 0.387 e. The lowest BCUT2D eigenvalue weighted by Gasteiger charge is -2.40. The van der Waals surface area contributed by atoms with Crippen molar-refractivity contribution < 1.29 is 18.3 Å². The van der Waals surface area contributed by atoms with Crippen LogP contribution in [0.25, 0.3) is 11.3 Å². The first kappa shape index (κ1) is 22.0. The summed E-state index contributed by atoms with van der Waals surface area (Å²) < 4.78 is 36.1. The van der Waals surface area contributed by atoms with E-state index in [2.05, 4.69) is 15.3 Å². The first-order valence-electron chi connectivity index (χ1n) is 10.6. The van der Waals surface area contributed by atoms with E-state index in [0.717, 1.165) is 36.6 Å². The summed E-state index contributed by atoms with van der Waals surface area (Å²) in [5.74, 6) is -1.26. The van der Waals surface area contributed by atoms with Crippen molar-refractivity contribution in [2.45, 2.75) is 44.3 Å². The van der Waals surface area contributed by atoms with Gasteiger partial charge in [-0.1, -0.05) is 12.1 Å². The van der Waals surface area contributed by atoms with Crippen LogP contribution in [0.2, 0.25) is 0 Å². The maximum atomic E-state index is 14.9. The molecule has 4 rings (SSSR count). The van der Waals surface area contributed by atoms with Crippen LogP contribution in [-0.2, 0) is 11.2 Å². The maximum Gasteiger partial charge on any atom is 0.168 e. The van der Waals surface area contributed by atoms with Gasteiger partial charge < -0.3 is 10.1 Å². The minimum absolute atomic E-state index is 0.0491. The number of carbonyl (C=O) groups excluding carboxylic acids is 1.